The Labute approximate surface area is 150 Å². The maximum absolute atomic E-state index is 12.8. The average Bonchev–Trinajstić information content (AvgIpc) is 2.68. The minimum Gasteiger partial charge on any atom is -0.342 e. The average molecular weight is 365 g/mol. The van der Waals surface area contributed by atoms with E-state index in [9.17, 15) is 13.2 Å². The number of likely N-dealkylation sites (tertiary alicyclic amines) is 1. The maximum atomic E-state index is 12.8. The van der Waals surface area contributed by atoms with Gasteiger partial charge in [0.2, 0.25) is 15.9 Å². The number of benzene rings is 1. The van der Waals surface area contributed by atoms with Crippen molar-refractivity contribution in [1.29, 1.82) is 0 Å². The Hall–Kier alpha value is -1.44. The van der Waals surface area contributed by atoms with Crippen molar-refractivity contribution in [3.63, 3.8) is 0 Å². The number of amides is 1. The number of nitrogens with zero attached hydrogens (tertiary/aromatic N) is 2. The Kier molecular flexibility index (Phi) is 5.76. The van der Waals surface area contributed by atoms with E-state index in [1.165, 1.54) is 4.31 Å². The molecule has 0 saturated carbocycles. The van der Waals surface area contributed by atoms with E-state index in [0.29, 0.717) is 24.0 Å². The number of rotatable bonds is 4. The first-order valence-corrected chi connectivity index (χ1v) is 10.5. The predicted molar refractivity (Wildman–Crippen MR) is 96.6 cm³/mol. The molecule has 0 bridgehead atoms. The van der Waals surface area contributed by atoms with Crippen LogP contribution in [0, 0.1) is 5.92 Å². The number of piperidine rings is 2. The minimum absolute atomic E-state index is 0.113. The fraction of sp³-hybridized carbons (Fsp3) is 0.611. The van der Waals surface area contributed by atoms with E-state index < -0.39 is 10.0 Å². The molecule has 0 radical (unpaired) electrons. The summed E-state index contributed by atoms with van der Waals surface area (Å²) in [6.07, 6.45) is 3.42. The van der Waals surface area contributed by atoms with E-state index in [1.54, 1.807) is 30.3 Å². The lowest BCUT2D eigenvalue weighted by atomic mass is 9.96. The highest BCUT2D eigenvalue weighted by atomic mass is 32.2. The van der Waals surface area contributed by atoms with E-state index in [2.05, 4.69) is 5.32 Å². The third-order valence-corrected chi connectivity index (χ3v) is 7.21. The molecule has 0 aliphatic carbocycles. The number of hydrogen-bond acceptors (Lipinski definition) is 4. The molecule has 1 N–H and O–H groups in total. The SMILES string of the molecule is CNC1CCN(C(=O)C2CCCN(S(=O)(=O)c3ccccc3)C2)CC1. The highest BCUT2D eigenvalue weighted by Crippen LogP contribution is 2.26. The van der Waals surface area contributed by atoms with Crippen molar-refractivity contribution in [2.45, 2.75) is 36.6 Å². The Morgan fingerprint density at radius 2 is 1.76 bits per heavy atom. The molecular weight excluding hydrogens is 338 g/mol. The summed E-state index contributed by atoms with van der Waals surface area (Å²) in [7, 11) is -1.57. The topological polar surface area (TPSA) is 69.7 Å². The zero-order chi connectivity index (χ0) is 17.9. The van der Waals surface area contributed by atoms with Crippen molar-refractivity contribution >= 4 is 15.9 Å². The highest BCUT2D eigenvalue weighted by Gasteiger charge is 2.35. The van der Waals surface area contributed by atoms with Crippen LogP contribution in [0.5, 0.6) is 0 Å². The van der Waals surface area contributed by atoms with Crippen molar-refractivity contribution < 1.29 is 13.2 Å². The second-order valence-corrected chi connectivity index (χ2v) is 8.84. The van der Waals surface area contributed by atoms with Crippen molar-refractivity contribution in [3.05, 3.63) is 30.3 Å². The van der Waals surface area contributed by atoms with Gasteiger partial charge in [0.05, 0.1) is 10.8 Å². The number of sulfonamides is 1. The van der Waals surface area contributed by atoms with Gasteiger partial charge in [-0.25, -0.2) is 8.42 Å². The molecule has 3 rings (SSSR count). The van der Waals surface area contributed by atoms with Crippen LogP contribution in [-0.2, 0) is 14.8 Å². The lowest BCUT2D eigenvalue weighted by Crippen LogP contribution is -2.50. The molecule has 1 atom stereocenters. The second-order valence-electron chi connectivity index (χ2n) is 6.90. The Morgan fingerprint density at radius 3 is 2.40 bits per heavy atom. The van der Waals surface area contributed by atoms with E-state index >= 15 is 0 Å². The van der Waals surface area contributed by atoms with Gasteiger partial charge in [0.1, 0.15) is 0 Å². The first-order valence-electron chi connectivity index (χ1n) is 9.03. The van der Waals surface area contributed by atoms with Gasteiger partial charge in [-0.3, -0.25) is 4.79 Å². The van der Waals surface area contributed by atoms with Gasteiger partial charge in [-0.1, -0.05) is 18.2 Å². The maximum Gasteiger partial charge on any atom is 0.243 e. The van der Waals surface area contributed by atoms with Crippen LogP contribution < -0.4 is 5.32 Å². The van der Waals surface area contributed by atoms with E-state index in [1.807, 2.05) is 11.9 Å². The minimum atomic E-state index is -3.52. The molecule has 0 aromatic heterocycles. The van der Waals surface area contributed by atoms with Crippen molar-refractivity contribution in [3.8, 4) is 0 Å². The number of carbonyl (C=O) groups excluding carboxylic acids is 1. The summed E-state index contributed by atoms with van der Waals surface area (Å²) in [5.41, 5.74) is 0. The van der Waals surface area contributed by atoms with Crippen LogP contribution in [0.2, 0.25) is 0 Å². The largest absolute Gasteiger partial charge is 0.342 e. The van der Waals surface area contributed by atoms with Crippen LogP contribution in [0.25, 0.3) is 0 Å². The van der Waals surface area contributed by atoms with Crippen LogP contribution >= 0.6 is 0 Å². The van der Waals surface area contributed by atoms with E-state index in [-0.39, 0.29) is 11.8 Å². The molecule has 1 aromatic rings. The quantitative estimate of drug-likeness (QED) is 0.873. The molecule has 2 aliphatic rings. The monoisotopic (exact) mass is 365 g/mol. The zero-order valence-electron chi connectivity index (χ0n) is 14.7. The predicted octanol–water partition coefficient (Wildman–Crippen LogP) is 1.30. The Bertz CT molecular complexity index is 685. The van der Waals surface area contributed by atoms with E-state index in [4.69, 9.17) is 0 Å². The summed E-state index contributed by atoms with van der Waals surface area (Å²) in [6, 6.07) is 8.96. The zero-order valence-corrected chi connectivity index (χ0v) is 15.5. The molecule has 0 spiro atoms. The van der Waals surface area contributed by atoms with Gasteiger partial charge < -0.3 is 10.2 Å². The van der Waals surface area contributed by atoms with Crippen molar-refractivity contribution in [2.75, 3.05) is 33.2 Å². The molecule has 25 heavy (non-hydrogen) atoms. The van der Waals surface area contributed by atoms with Gasteiger partial charge in [-0.2, -0.15) is 4.31 Å². The molecule has 1 amide bonds. The Balaban J connectivity index is 1.66. The molecule has 2 aliphatic heterocycles. The smallest absolute Gasteiger partial charge is 0.243 e. The number of carbonyl (C=O) groups is 1. The fourth-order valence-corrected chi connectivity index (χ4v) is 5.30. The molecule has 138 valence electrons. The van der Waals surface area contributed by atoms with Crippen molar-refractivity contribution in [2.24, 2.45) is 5.92 Å². The Morgan fingerprint density at radius 1 is 1.08 bits per heavy atom. The lowest BCUT2D eigenvalue weighted by molar-refractivity contribution is -0.137. The fourth-order valence-electron chi connectivity index (χ4n) is 3.75. The van der Waals surface area contributed by atoms with Crippen LogP contribution in [0.1, 0.15) is 25.7 Å². The highest BCUT2D eigenvalue weighted by molar-refractivity contribution is 7.89. The summed E-state index contributed by atoms with van der Waals surface area (Å²) < 4.78 is 27.1. The third-order valence-electron chi connectivity index (χ3n) is 5.33. The summed E-state index contributed by atoms with van der Waals surface area (Å²) in [4.78, 5) is 15.1. The van der Waals surface area contributed by atoms with Crippen molar-refractivity contribution in [1.82, 2.24) is 14.5 Å². The standard InChI is InChI=1S/C18H27N3O3S/c1-19-16-9-12-20(13-10-16)18(22)15-6-5-11-21(14-15)25(23,24)17-7-3-2-4-8-17/h2-4,7-8,15-16,19H,5-6,9-14H2,1H3. The van der Waals surface area contributed by atoms with Gasteiger partial charge in [-0.15, -0.1) is 0 Å². The summed E-state index contributed by atoms with van der Waals surface area (Å²) in [5.74, 6) is -0.110. The molecule has 7 heteroatoms. The van der Waals surface area contributed by atoms with Crippen LogP contribution in [0.4, 0.5) is 0 Å². The number of hydrogen-bond donors (Lipinski definition) is 1. The first-order chi connectivity index (χ1) is 12.0. The summed E-state index contributed by atoms with van der Waals surface area (Å²) in [5, 5.41) is 3.26. The summed E-state index contributed by atoms with van der Waals surface area (Å²) >= 11 is 0. The molecule has 6 nitrogen and oxygen atoms in total. The van der Waals surface area contributed by atoms with Gasteiger partial charge in [-0.05, 0) is 44.9 Å². The first kappa shape index (κ1) is 18.4. The van der Waals surface area contributed by atoms with Crippen LogP contribution in [0.3, 0.4) is 0 Å². The van der Waals surface area contributed by atoms with Gasteiger partial charge in [0, 0.05) is 32.2 Å². The van der Waals surface area contributed by atoms with Gasteiger partial charge >= 0.3 is 0 Å². The normalized spacial score (nSPS) is 23.6. The lowest BCUT2D eigenvalue weighted by Gasteiger charge is -2.37. The molecule has 2 fully saturated rings. The van der Waals surface area contributed by atoms with Crippen LogP contribution in [0.15, 0.2) is 35.2 Å². The van der Waals surface area contributed by atoms with E-state index in [0.717, 1.165) is 38.8 Å². The second kappa shape index (κ2) is 7.85. The molecule has 1 aromatic carbocycles. The molecule has 2 saturated heterocycles. The molecule has 1 unspecified atom stereocenters. The number of nitrogens with one attached hydrogen (secondary N) is 1. The molecular formula is C18H27N3O3S. The molecule has 2 heterocycles. The van der Waals surface area contributed by atoms with Gasteiger partial charge in [0.15, 0.2) is 0 Å². The van der Waals surface area contributed by atoms with Gasteiger partial charge in [0.25, 0.3) is 0 Å². The van der Waals surface area contributed by atoms with Crippen LogP contribution in [-0.4, -0.2) is 62.8 Å². The third kappa shape index (κ3) is 4.04. The summed E-state index contributed by atoms with van der Waals surface area (Å²) in [6.45, 7) is 2.30.